The van der Waals surface area contributed by atoms with E-state index in [0.717, 1.165) is 11.3 Å². The van der Waals surface area contributed by atoms with Gasteiger partial charge in [0.2, 0.25) is 0 Å². The van der Waals surface area contributed by atoms with Crippen LogP contribution < -0.4 is 11.3 Å². The van der Waals surface area contributed by atoms with E-state index in [1.54, 1.807) is 12.1 Å². The van der Waals surface area contributed by atoms with Crippen molar-refractivity contribution in [2.24, 2.45) is 5.84 Å². The molecule has 4 nitrogen and oxygen atoms in total. The fourth-order valence-electron chi connectivity index (χ4n) is 2.15. The highest BCUT2D eigenvalue weighted by molar-refractivity contribution is 9.10. The van der Waals surface area contributed by atoms with Gasteiger partial charge in [-0.15, -0.1) is 0 Å². The van der Waals surface area contributed by atoms with Crippen molar-refractivity contribution in [3.8, 4) is 11.4 Å². The van der Waals surface area contributed by atoms with Gasteiger partial charge >= 0.3 is 0 Å². The first-order valence-corrected chi connectivity index (χ1v) is 7.04. The first kappa shape index (κ1) is 14.9. The third kappa shape index (κ3) is 2.81. The maximum absolute atomic E-state index is 13.6. The Hall–Kier alpha value is -1.53. The van der Waals surface area contributed by atoms with E-state index in [-0.39, 0.29) is 11.7 Å². The van der Waals surface area contributed by atoms with E-state index < -0.39 is 0 Å². The molecule has 6 heteroatoms. The average Bonchev–Trinajstić information content (AvgIpc) is 2.40. The summed E-state index contributed by atoms with van der Waals surface area (Å²) >= 11 is 3.13. The normalized spacial score (nSPS) is 10.9. The second-order valence-electron chi connectivity index (χ2n) is 4.82. The summed E-state index contributed by atoms with van der Waals surface area (Å²) in [5.41, 5.74) is 5.01. The number of rotatable bonds is 3. The van der Waals surface area contributed by atoms with Gasteiger partial charge < -0.3 is 5.43 Å². The number of aryl methyl sites for hydroxylation is 1. The maximum Gasteiger partial charge on any atom is 0.161 e. The molecule has 2 rings (SSSR count). The molecule has 2 aromatic rings. The van der Waals surface area contributed by atoms with E-state index in [9.17, 15) is 4.39 Å². The number of hydrogen-bond acceptors (Lipinski definition) is 4. The van der Waals surface area contributed by atoms with Crippen LogP contribution in [0.4, 0.5) is 10.2 Å². The minimum absolute atomic E-state index is 0.247. The highest BCUT2D eigenvalue weighted by Crippen LogP contribution is 2.28. The van der Waals surface area contributed by atoms with Gasteiger partial charge in [-0.3, -0.25) is 0 Å². The van der Waals surface area contributed by atoms with E-state index >= 15 is 0 Å². The number of anilines is 1. The van der Waals surface area contributed by atoms with Crippen LogP contribution in [0.5, 0.6) is 0 Å². The van der Waals surface area contributed by atoms with Crippen LogP contribution in [0.3, 0.4) is 0 Å². The molecule has 0 aliphatic rings. The number of aromatic nitrogens is 2. The fourth-order valence-corrected chi connectivity index (χ4v) is 2.39. The number of benzene rings is 1. The molecule has 0 amide bonds. The van der Waals surface area contributed by atoms with E-state index in [1.807, 2.05) is 20.8 Å². The molecule has 0 aliphatic heterocycles. The largest absolute Gasteiger partial charge is 0.308 e. The lowest BCUT2D eigenvalue weighted by atomic mass is 10.0. The number of nitrogens with one attached hydrogen (secondary N) is 1. The van der Waals surface area contributed by atoms with E-state index in [1.165, 1.54) is 6.07 Å². The first-order chi connectivity index (χ1) is 9.43. The average molecular weight is 339 g/mol. The molecule has 1 heterocycles. The summed E-state index contributed by atoms with van der Waals surface area (Å²) < 4.78 is 14.0. The maximum atomic E-state index is 13.6. The zero-order valence-electron chi connectivity index (χ0n) is 11.5. The number of nitrogen functional groups attached to an aromatic ring is 1. The van der Waals surface area contributed by atoms with Crippen LogP contribution >= 0.6 is 15.9 Å². The Kier molecular flexibility index (Phi) is 4.35. The molecule has 0 radical (unpaired) electrons. The molecule has 0 unspecified atom stereocenters. The molecule has 0 atom stereocenters. The van der Waals surface area contributed by atoms with Crippen LogP contribution in [0.25, 0.3) is 11.4 Å². The molecule has 0 saturated heterocycles. The summed E-state index contributed by atoms with van der Waals surface area (Å²) in [4.78, 5) is 8.84. The molecule has 1 aromatic heterocycles. The quantitative estimate of drug-likeness (QED) is 0.660. The molecule has 0 fully saturated rings. The predicted octanol–water partition coefficient (Wildman–Crippen LogP) is 3.76. The summed E-state index contributed by atoms with van der Waals surface area (Å²) in [5.74, 6) is 6.46. The predicted molar refractivity (Wildman–Crippen MR) is 81.8 cm³/mol. The molecule has 0 saturated carbocycles. The van der Waals surface area contributed by atoms with Crippen molar-refractivity contribution in [2.45, 2.75) is 26.7 Å². The zero-order valence-corrected chi connectivity index (χ0v) is 13.1. The molecule has 106 valence electrons. The number of hydrazine groups is 1. The number of halogens is 2. The van der Waals surface area contributed by atoms with Gasteiger partial charge in [-0.25, -0.2) is 20.2 Å². The number of nitrogens with zero attached hydrogens (tertiary/aromatic N) is 2. The smallest absolute Gasteiger partial charge is 0.161 e. The van der Waals surface area contributed by atoms with Crippen molar-refractivity contribution in [1.82, 2.24) is 9.97 Å². The Balaban J connectivity index is 2.58. The summed E-state index contributed by atoms with van der Waals surface area (Å²) in [5, 5.41) is 0. The highest BCUT2D eigenvalue weighted by Gasteiger charge is 2.15. The van der Waals surface area contributed by atoms with Gasteiger partial charge in [0.25, 0.3) is 0 Å². The van der Waals surface area contributed by atoms with Crippen molar-refractivity contribution in [3.63, 3.8) is 0 Å². The molecular weight excluding hydrogens is 323 g/mol. The van der Waals surface area contributed by atoms with Crippen molar-refractivity contribution in [3.05, 3.63) is 39.7 Å². The van der Waals surface area contributed by atoms with Crippen LogP contribution in [0.2, 0.25) is 0 Å². The van der Waals surface area contributed by atoms with Crippen LogP contribution in [0.15, 0.2) is 22.7 Å². The highest BCUT2D eigenvalue weighted by atomic mass is 79.9. The minimum atomic E-state index is -0.348. The molecule has 1 aromatic carbocycles. The second-order valence-corrected chi connectivity index (χ2v) is 5.68. The van der Waals surface area contributed by atoms with Gasteiger partial charge in [0.1, 0.15) is 11.6 Å². The van der Waals surface area contributed by atoms with E-state index in [0.29, 0.717) is 21.7 Å². The fraction of sp³-hybridized carbons (Fsp3) is 0.286. The summed E-state index contributed by atoms with van der Waals surface area (Å²) in [6, 6.07) is 4.79. The van der Waals surface area contributed by atoms with Crippen LogP contribution in [-0.4, -0.2) is 9.97 Å². The molecule has 0 bridgehead atoms. The summed E-state index contributed by atoms with van der Waals surface area (Å²) in [6.07, 6.45) is 0. The Labute approximate surface area is 125 Å². The molecule has 0 aliphatic carbocycles. The monoisotopic (exact) mass is 338 g/mol. The summed E-state index contributed by atoms with van der Waals surface area (Å²) in [7, 11) is 0. The second kappa shape index (κ2) is 5.85. The van der Waals surface area contributed by atoms with Gasteiger partial charge in [-0.2, -0.15) is 0 Å². The molecule has 3 N–H and O–H groups in total. The molecular formula is C14H16BrFN4. The zero-order chi connectivity index (χ0) is 14.9. The Morgan fingerprint density at radius 1 is 1.30 bits per heavy atom. The van der Waals surface area contributed by atoms with Crippen molar-refractivity contribution in [2.75, 3.05) is 5.43 Å². The Morgan fingerprint density at radius 2 is 2.00 bits per heavy atom. The van der Waals surface area contributed by atoms with Crippen molar-refractivity contribution < 1.29 is 4.39 Å². The standard InChI is InChI=1S/C14H16BrFN4/c1-7(2)12-8(3)18-13(19-14(12)20-17)9-4-5-10(15)11(16)6-9/h4-7H,17H2,1-3H3,(H,18,19,20). The van der Waals surface area contributed by atoms with Gasteiger partial charge in [-0.1, -0.05) is 13.8 Å². The van der Waals surface area contributed by atoms with Crippen LogP contribution in [0, 0.1) is 12.7 Å². The van der Waals surface area contributed by atoms with Crippen molar-refractivity contribution in [1.29, 1.82) is 0 Å². The van der Waals surface area contributed by atoms with Gasteiger partial charge in [0.15, 0.2) is 5.82 Å². The Bertz CT molecular complexity index is 643. The molecule has 0 spiro atoms. The van der Waals surface area contributed by atoms with Crippen molar-refractivity contribution >= 4 is 21.7 Å². The lowest BCUT2D eigenvalue weighted by molar-refractivity contribution is 0.621. The topological polar surface area (TPSA) is 63.8 Å². The molecule has 20 heavy (non-hydrogen) atoms. The number of nitrogens with two attached hydrogens (primary N) is 1. The Morgan fingerprint density at radius 3 is 2.55 bits per heavy atom. The van der Waals surface area contributed by atoms with Crippen LogP contribution in [0.1, 0.15) is 31.0 Å². The van der Waals surface area contributed by atoms with Crippen LogP contribution in [-0.2, 0) is 0 Å². The number of hydrogen-bond donors (Lipinski definition) is 2. The minimum Gasteiger partial charge on any atom is -0.308 e. The lowest BCUT2D eigenvalue weighted by Crippen LogP contribution is -2.14. The lowest BCUT2D eigenvalue weighted by Gasteiger charge is -2.15. The van der Waals surface area contributed by atoms with E-state index in [2.05, 4.69) is 31.3 Å². The van der Waals surface area contributed by atoms with Gasteiger partial charge in [0.05, 0.1) is 4.47 Å². The third-order valence-electron chi connectivity index (χ3n) is 3.03. The third-order valence-corrected chi connectivity index (χ3v) is 3.67. The van der Waals surface area contributed by atoms with Gasteiger partial charge in [0, 0.05) is 16.8 Å². The van der Waals surface area contributed by atoms with Gasteiger partial charge in [-0.05, 0) is 47.0 Å². The van der Waals surface area contributed by atoms with E-state index in [4.69, 9.17) is 5.84 Å². The first-order valence-electron chi connectivity index (χ1n) is 6.24. The SMILES string of the molecule is Cc1nc(-c2ccc(Br)c(F)c2)nc(NN)c1C(C)C. The summed E-state index contributed by atoms with van der Waals surface area (Å²) in [6.45, 7) is 5.99.